The van der Waals surface area contributed by atoms with Crippen LogP contribution in [0.4, 0.5) is 0 Å². The summed E-state index contributed by atoms with van der Waals surface area (Å²) in [6, 6.07) is 11.4. The molecule has 0 fully saturated rings. The second-order valence-corrected chi connectivity index (χ2v) is 21.4. The second-order valence-electron chi connectivity index (χ2n) is 14.3. The molecule has 0 unspecified atom stereocenters. The van der Waals surface area contributed by atoms with E-state index in [2.05, 4.69) is 16.0 Å². The minimum atomic E-state index is -4.61. The summed E-state index contributed by atoms with van der Waals surface area (Å²) in [7, 11) is -12.3. The number of hydrogen-bond acceptors (Lipinski definition) is 12. The van der Waals surface area contributed by atoms with Crippen LogP contribution in [-0.4, -0.2) is 142 Å². The van der Waals surface area contributed by atoms with Crippen molar-refractivity contribution in [2.24, 2.45) is 5.73 Å². The first kappa shape index (κ1) is 53.9. The summed E-state index contributed by atoms with van der Waals surface area (Å²) in [6.45, 7) is -2.93. The van der Waals surface area contributed by atoms with Crippen LogP contribution in [-0.2, 0) is 54.0 Å². The highest BCUT2D eigenvalue weighted by Crippen LogP contribution is 2.23. The summed E-state index contributed by atoms with van der Waals surface area (Å²) >= 11 is 17.9. The van der Waals surface area contributed by atoms with Gasteiger partial charge in [0.2, 0.25) is 47.8 Å². The molecule has 0 spiro atoms. The average molecular weight is 1010 g/mol. The van der Waals surface area contributed by atoms with Gasteiger partial charge in [0.25, 0.3) is 0 Å². The Labute approximate surface area is 386 Å². The monoisotopic (exact) mass is 1010 g/mol. The standard InChI is InChI=1S/C38H48Cl3N7O13S3/c1-25(44-35(50)23-47(20-29(42)9-17-37(52)53)63(58,59)32-13-5-27(40)6-14-32)19-46(62(56,57)31-11-3-26(39)4-12-31)24-36(51)45-30(10-18-38(54)55)21-48(22-34(49)43-2)64(60,61)33-15-7-28(41)8-16-33/h3-8,11-16,25,29-30H,9-10,17-24,42H2,1-2H3,(H,43,49)(H,44,50)(H,45,51)(H,52,53)(H,54,55)/t25-,29-,30-/m0/s1. The van der Waals surface area contributed by atoms with Crippen LogP contribution in [0.25, 0.3) is 0 Å². The van der Waals surface area contributed by atoms with Gasteiger partial charge in [-0.1, -0.05) is 34.8 Å². The lowest BCUT2D eigenvalue weighted by Crippen LogP contribution is -2.53. The zero-order chi connectivity index (χ0) is 48.0. The van der Waals surface area contributed by atoms with Gasteiger partial charge in [0.1, 0.15) is 0 Å². The van der Waals surface area contributed by atoms with Gasteiger partial charge in [0, 0.05) is 72.7 Å². The van der Waals surface area contributed by atoms with Crippen LogP contribution in [0.15, 0.2) is 87.5 Å². The molecule has 20 nitrogen and oxygen atoms in total. The molecule has 0 saturated carbocycles. The number of halogens is 3. The Bertz CT molecular complexity index is 2450. The molecule has 7 N–H and O–H groups in total. The zero-order valence-corrected chi connectivity index (χ0v) is 39.1. The van der Waals surface area contributed by atoms with Crippen molar-refractivity contribution in [1.82, 2.24) is 28.9 Å². The summed E-state index contributed by atoms with van der Waals surface area (Å²) < 4.78 is 85.2. The number of carboxylic acids is 2. The van der Waals surface area contributed by atoms with Gasteiger partial charge in [-0.2, -0.15) is 12.9 Å². The van der Waals surface area contributed by atoms with E-state index in [9.17, 15) is 54.3 Å². The summed E-state index contributed by atoms with van der Waals surface area (Å²) in [5, 5.41) is 26.5. The van der Waals surface area contributed by atoms with Crippen molar-refractivity contribution in [3.63, 3.8) is 0 Å². The van der Waals surface area contributed by atoms with E-state index in [-0.39, 0.29) is 49.0 Å². The molecule has 3 amide bonds. The quantitative estimate of drug-likeness (QED) is 0.0669. The first-order chi connectivity index (χ1) is 29.8. The number of likely N-dealkylation sites (N-methyl/N-ethyl adjacent to an activating group) is 1. The molecular weight excluding hydrogens is 965 g/mol. The third kappa shape index (κ3) is 16.5. The average Bonchev–Trinajstić information content (AvgIpc) is 3.21. The van der Waals surface area contributed by atoms with Crippen LogP contribution in [0, 0.1) is 0 Å². The van der Waals surface area contributed by atoms with E-state index in [0.717, 1.165) is 20.7 Å². The van der Waals surface area contributed by atoms with E-state index >= 15 is 0 Å². The van der Waals surface area contributed by atoms with Crippen molar-refractivity contribution in [1.29, 1.82) is 0 Å². The summed E-state index contributed by atoms with van der Waals surface area (Å²) in [6.07, 6.45) is -1.47. The van der Waals surface area contributed by atoms with Crippen LogP contribution < -0.4 is 21.7 Å². The lowest BCUT2D eigenvalue weighted by Gasteiger charge is -2.29. The van der Waals surface area contributed by atoms with Crippen molar-refractivity contribution in [3.8, 4) is 0 Å². The molecule has 0 saturated heterocycles. The van der Waals surface area contributed by atoms with Crippen molar-refractivity contribution in [3.05, 3.63) is 87.9 Å². The number of carbonyl (C=O) groups is 5. The Morgan fingerprint density at radius 1 is 0.562 bits per heavy atom. The molecule has 3 aromatic rings. The van der Waals surface area contributed by atoms with E-state index in [1.807, 2.05) is 0 Å². The number of nitrogens with one attached hydrogen (secondary N) is 3. The molecule has 26 heteroatoms. The molecule has 0 radical (unpaired) electrons. The van der Waals surface area contributed by atoms with Crippen molar-refractivity contribution in [2.45, 2.75) is 65.4 Å². The number of aliphatic carboxylic acids is 2. The number of amides is 3. The number of rotatable bonds is 26. The fourth-order valence-corrected chi connectivity index (χ4v) is 10.7. The van der Waals surface area contributed by atoms with Crippen LogP contribution in [0.5, 0.6) is 0 Å². The molecule has 3 aromatic carbocycles. The fourth-order valence-electron chi connectivity index (χ4n) is 5.93. The normalized spacial score (nSPS) is 13.6. The Hall–Kier alpha value is -4.43. The third-order valence-corrected chi connectivity index (χ3v) is 15.4. The number of nitrogens with zero attached hydrogens (tertiary/aromatic N) is 3. The number of carboxylic acid groups (broad SMARTS) is 2. The van der Waals surface area contributed by atoms with E-state index in [1.165, 1.54) is 74.6 Å². The number of sulfonamides is 3. The predicted molar refractivity (Wildman–Crippen MR) is 236 cm³/mol. The maximum Gasteiger partial charge on any atom is 0.303 e. The van der Waals surface area contributed by atoms with Crippen molar-refractivity contribution < 1.29 is 59.4 Å². The van der Waals surface area contributed by atoms with Crippen LogP contribution in [0.2, 0.25) is 15.1 Å². The fraction of sp³-hybridized carbons (Fsp3) is 0.395. The molecule has 3 rings (SSSR count). The van der Waals surface area contributed by atoms with Gasteiger partial charge in [0.15, 0.2) is 0 Å². The summed E-state index contributed by atoms with van der Waals surface area (Å²) in [5.74, 6) is -5.21. The highest BCUT2D eigenvalue weighted by Gasteiger charge is 2.34. The molecule has 352 valence electrons. The molecule has 3 atom stereocenters. The SMILES string of the molecule is CNC(=O)CN(C[C@H](CCC(=O)O)NC(=O)CN(C[C@H](C)NC(=O)CN(C[C@@H](N)CCC(=O)O)S(=O)(=O)c1ccc(Cl)cc1)S(=O)(=O)c1ccc(Cl)cc1)S(=O)(=O)c1ccc(Cl)cc1. The van der Waals surface area contributed by atoms with Gasteiger partial charge in [-0.25, -0.2) is 25.3 Å². The van der Waals surface area contributed by atoms with E-state index in [0.29, 0.717) is 4.31 Å². The molecular formula is C38H48Cl3N7O13S3. The zero-order valence-electron chi connectivity index (χ0n) is 34.4. The predicted octanol–water partition coefficient (Wildman–Crippen LogP) is 1.81. The maximum absolute atomic E-state index is 14.1. The molecule has 0 aromatic heterocycles. The largest absolute Gasteiger partial charge is 0.481 e. The molecule has 0 aliphatic rings. The summed E-state index contributed by atoms with van der Waals surface area (Å²) in [4.78, 5) is 61.8. The third-order valence-electron chi connectivity index (χ3n) is 9.14. The maximum atomic E-state index is 14.1. The van der Waals surface area contributed by atoms with E-state index < -0.39 is 124 Å². The number of carbonyl (C=O) groups excluding carboxylic acids is 3. The number of hydrogen-bond donors (Lipinski definition) is 6. The van der Waals surface area contributed by atoms with E-state index in [4.69, 9.17) is 45.6 Å². The van der Waals surface area contributed by atoms with Crippen LogP contribution in [0.3, 0.4) is 0 Å². The lowest BCUT2D eigenvalue weighted by atomic mass is 10.1. The Balaban J connectivity index is 1.93. The Morgan fingerprint density at radius 3 is 1.30 bits per heavy atom. The smallest absolute Gasteiger partial charge is 0.303 e. The Kier molecular flexibility index (Phi) is 20.4. The van der Waals surface area contributed by atoms with Gasteiger partial charge >= 0.3 is 11.9 Å². The second kappa shape index (κ2) is 24.2. The first-order valence-corrected chi connectivity index (χ1v) is 24.6. The molecule has 64 heavy (non-hydrogen) atoms. The first-order valence-electron chi connectivity index (χ1n) is 19.1. The van der Waals surface area contributed by atoms with Gasteiger partial charge < -0.3 is 31.9 Å². The Morgan fingerprint density at radius 2 is 0.906 bits per heavy atom. The molecule has 0 aliphatic heterocycles. The van der Waals surface area contributed by atoms with Gasteiger partial charge in [-0.15, -0.1) is 0 Å². The molecule has 0 heterocycles. The molecule has 0 aliphatic carbocycles. The molecule has 0 bridgehead atoms. The topological polar surface area (TPSA) is 300 Å². The van der Waals surface area contributed by atoms with Gasteiger partial charge in [-0.05, 0) is 92.6 Å². The lowest BCUT2D eigenvalue weighted by molar-refractivity contribution is -0.138. The van der Waals surface area contributed by atoms with Gasteiger partial charge in [-0.3, -0.25) is 24.0 Å². The van der Waals surface area contributed by atoms with Crippen LogP contribution in [0.1, 0.15) is 32.6 Å². The highest BCUT2D eigenvalue weighted by atomic mass is 35.5. The van der Waals surface area contributed by atoms with Crippen molar-refractivity contribution >= 4 is 94.5 Å². The van der Waals surface area contributed by atoms with Crippen LogP contribution >= 0.6 is 34.8 Å². The highest BCUT2D eigenvalue weighted by molar-refractivity contribution is 7.89. The number of benzene rings is 3. The summed E-state index contributed by atoms with van der Waals surface area (Å²) in [5.41, 5.74) is 6.07. The minimum absolute atomic E-state index is 0.138. The number of nitrogens with two attached hydrogens (primary N) is 1. The minimum Gasteiger partial charge on any atom is -0.481 e. The van der Waals surface area contributed by atoms with Crippen molar-refractivity contribution in [2.75, 3.05) is 46.3 Å². The van der Waals surface area contributed by atoms with Gasteiger partial charge in [0.05, 0.1) is 34.3 Å². The van der Waals surface area contributed by atoms with E-state index in [1.54, 1.807) is 0 Å².